The minimum absolute atomic E-state index is 0.0114. The highest BCUT2D eigenvalue weighted by Crippen LogP contribution is 2.31. The van der Waals surface area contributed by atoms with Crippen molar-refractivity contribution in [3.8, 4) is 5.75 Å². The Labute approximate surface area is 283 Å². The fourth-order valence-corrected chi connectivity index (χ4v) is 5.35. The molecule has 17 heteroatoms. The van der Waals surface area contributed by atoms with Gasteiger partial charge in [-0.15, -0.1) is 0 Å². The van der Waals surface area contributed by atoms with Crippen LogP contribution in [0.3, 0.4) is 0 Å². The number of imide groups is 1. The zero-order chi connectivity index (χ0) is 34.8. The first kappa shape index (κ1) is 37.8. The molecule has 1 aromatic rings. The molecule has 2 heterocycles. The number of aliphatic hydroxyl groups is 3. The Morgan fingerprint density at radius 2 is 1.77 bits per heavy atom. The summed E-state index contributed by atoms with van der Waals surface area (Å²) in [5.41, 5.74) is 0.589. The van der Waals surface area contributed by atoms with Gasteiger partial charge in [-0.1, -0.05) is 41.7 Å². The molecule has 2 aliphatic heterocycles. The number of aliphatic hydroxyl groups excluding tert-OH is 3. The lowest BCUT2D eigenvalue weighted by atomic mass is 9.99. The first-order valence-corrected chi connectivity index (χ1v) is 16.0. The van der Waals surface area contributed by atoms with E-state index in [0.29, 0.717) is 31.4 Å². The number of carboxylic acids is 1. The number of likely N-dealkylation sites (tertiary alicyclic amines) is 1. The maximum atomic E-state index is 12.8. The van der Waals surface area contributed by atoms with Gasteiger partial charge in [-0.2, -0.15) is 0 Å². The molecule has 2 saturated heterocycles. The van der Waals surface area contributed by atoms with Crippen LogP contribution in [0.25, 0.3) is 0 Å². The lowest BCUT2D eigenvalue weighted by Crippen LogP contribution is -2.61. The molecule has 4 amide bonds. The van der Waals surface area contributed by atoms with Crippen molar-refractivity contribution in [3.05, 3.63) is 35.9 Å². The molecule has 1 aromatic carbocycles. The Balaban J connectivity index is 1.55. The van der Waals surface area contributed by atoms with E-state index in [1.54, 1.807) is 0 Å². The lowest BCUT2D eigenvalue weighted by Gasteiger charge is -2.38. The van der Waals surface area contributed by atoms with Crippen LogP contribution in [0.2, 0.25) is 0 Å². The van der Waals surface area contributed by atoms with Crippen molar-refractivity contribution in [3.63, 3.8) is 0 Å². The number of nitrogens with zero attached hydrogens (tertiary/aromatic N) is 1. The molecular weight excluding hydrogens is 737 g/mol. The van der Waals surface area contributed by atoms with Crippen molar-refractivity contribution in [2.45, 2.75) is 86.7 Å². The summed E-state index contributed by atoms with van der Waals surface area (Å²) in [4.78, 5) is 73.4. The second kappa shape index (κ2) is 17.5. The first-order chi connectivity index (χ1) is 22.2. The van der Waals surface area contributed by atoms with E-state index in [-0.39, 0.29) is 71.1 Å². The average Bonchev–Trinajstić information content (AvgIpc) is 3.26. The van der Waals surface area contributed by atoms with Crippen molar-refractivity contribution in [2.75, 3.05) is 18.4 Å². The number of hydrogen-bond donors (Lipinski definition) is 6. The monoisotopic (exact) mass is 775 g/mol. The number of ether oxygens (including phenoxy) is 3. The molecule has 0 aromatic heterocycles. The number of carbonyl (C=O) groups is 6. The minimum Gasteiger partial charge on any atom is -0.479 e. The third-order valence-electron chi connectivity index (χ3n) is 7.24. The van der Waals surface area contributed by atoms with Crippen LogP contribution < -0.4 is 15.4 Å². The van der Waals surface area contributed by atoms with Gasteiger partial charge in [0.25, 0.3) is 0 Å². The highest BCUT2D eigenvalue weighted by Gasteiger charge is 2.48. The summed E-state index contributed by atoms with van der Waals surface area (Å²) < 4.78 is 15.6. The summed E-state index contributed by atoms with van der Waals surface area (Å²) in [6.45, 7) is 5.07. The standard InChI is InChI=1S/C30H38IN3O13/c1-15(2)29(44)45-14-16-7-8-19(46-30-25(40)23(38)24(39)26(47-30)28(42)43)18(12-16)33-21(36)9-10-32-20(35)6-4-3-5-11-34-22(37)13-17(31)27(34)41/h7-8,12,17,23-26,30,38-40H,1,3-6,9-11,13-14H2,2H3,(H,32,35)(H,33,36)(H,42,43)/t17?,23-,24-,25+,26-,30+/m0/s1. The van der Waals surface area contributed by atoms with E-state index in [9.17, 15) is 49.2 Å². The summed E-state index contributed by atoms with van der Waals surface area (Å²) in [6.07, 6.45) is -7.42. The van der Waals surface area contributed by atoms with Crippen LogP contribution >= 0.6 is 22.6 Å². The van der Waals surface area contributed by atoms with Crippen molar-refractivity contribution in [1.29, 1.82) is 0 Å². The molecule has 47 heavy (non-hydrogen) atoms. The zero-order valence-electron chi connectivity index (χ0n) is 25.6. The van der Waals surface area contributed by atoms with Gasteiger partial charge in [-0.3, -0.25) is 24.1 Å². The topological polar surface area (TPSA) is 238 Å². The summed E-state index contributed by atoms with van der Waals surface area (Å²) in [6, 6.07) is 4.20. The average molecular weight is 776 g/mol. The Morgan fingerprint density at radius 3 is 2.40 bits per heavy atom. The first-order valence-electron chi connectivity index (χ1n) is 14.8. The van der Waals surface area contributed by atoms with Crippen LogP contribution in [-0.4, -0.2) is 109 Å². The number of aliphatic carboxylic acids is 1. The number of rotatable bonds is 16. The van der Waals surface area contributed by atoms with E-state index < -0.39 is 48.6 Å². The van der Waals surface area contributed by atoms with Crippen LogP contribution in [0.5, 0.6) is 5.75 Å². The molecule has 6 N–H and O–H groups in total. The Morgan fingerprint density at radius 1 is 1.04 bits per heavy atom. The van der Waals surface area contributed by atoms with Crippen molar-refractivity contribution in [2.24, 2.45) is 0 Å². The Bertz CT molecular complexity index is 1370. The third kappa shape index (κ3) is 10.7. The SMILES string of the molecule is C=C(C)C(=O)OCc1ccc(O[C@@H]2O[C@H](C(=O)O)[C@@H](O)[C@H](O)[C@H]2O)c(NC(=O)CCNC(=O)CCCCCN2C(=O)CC(I)C2=O)c1. The fourth-order valence-electron chi connectivity index (χ4n) is 4.64. The summed E-state index contributed by atoms with van der Waals surface area (Å²) in [7, 11) is 0. The Kier molecular flexibility index (Phi) is 14.1. The minimum atomic E-state index is -1.93. The van der Waals surface area contributed by atoms with E-state index in [4.69, 9.17) is 14.2 Å². The van der Waals surface area contributed by atoms with Crippen molar-refractivity contribution < 1.29 is 63.4 Å². The van der Waals surface area contributed by atoms with E-state index >= 15 is 0 Å². The molecule has 1 unspecified atom stereocenters. The predicted octanol–water partition coefficient (Wildman–Crippen LogP) is 0.145. The van der Waals surface area contributed by atoms with Crippen LogP contribution in [0.4, 0.5) is 5.69 Å². The largest absolute Gasteiger partial charge is 0.479 e. The third-order valence-corrected chi connectivity index (χ3v) is 8.21. The summed E-state index contributed by atoms with van der Waals surface area (Å²) >= 11 is 1.95. The zero-order valence-corrected chi connectivity index (χ0v) is 27.7. The maximum Gasteiger partial charge on any atom is 0.335 e. The summed E-state index contributed by atoms with van der Waals surface area (Å²) in [5.74, 6) is -3.60. The molecule has 2 aliphatic rings. The second-order valence-electron chi connectivity index (χ2n) is 11.1. The van der Waals surface area contributed by atoms with Crippen molar-refractivity contribution in [1.82, 2.24) is 10.2 Å². The molecule has 0 aliphatic carbocycles. The van der Waals surface area contributed by atoms with Gasteiger partial charge in [-0.05, 0) is 37.5 Å². The second-order valence-corrected chi connectivity index (χ2v) is 12.6. The molecular formula is C30H38IN3O13. The molecule has 0 radical (unpaired) electrons. The molecule has 258 valence electrons. The molecule has 3 rings (SSSR count). The Hall–Kier alpha value is -3.65. The number of benzene rings is 1. The van der Waals surface area contributed by atoms with Crippen LogP contribution in [0, 0.1) is 0 Å². The number of alkyl halides is 1. The number of carbonyl (C=O) groups excluding carboxylic acids is 5. The molecule has 0 bridgehead atoms. The number of nitrogens with one attached hydrogen (secondary N) is 2. The van der Waals surface area contributed by atoms with E-state index in [1.165, 1.54) is 30.0 Å². The number of carboxylic acid groups (broad SMARTS) is 1. The fraction of sp³-hybridized carbons (Fsp3) is 0.533. The van der Waals surface area contributed by atoms with Gasteiger partial charge in [0.15, 0.2) is 6.10 Å². The van der Waals surface area contributed by atoms with Gasteiger partial charge in [-0.25, -0.2) is 9.59 Å². The van der Waals surface area contributed by atoms with Gasteiger partial charge in [0.2, 0.25) is 29.9 Å². The molecule has 2 fully saturated rings. The highest BCUT2D eigenvalue weighted by atomic mass is 127. The van der Waals surface area contributed by atoms with Gasteiger partial charge in [0.1, 0.15) is 30.7 Å². The van der Waals surface area contributed by atoms with Gasteiger partial charge < -0.3 is 45.3 Å². The summed E-state index contributed by atoms with van der Waals surface area (Å²) in [5, 5.41) is 45.0. The number of unbranched alkanes of at least 4 members (excludes halogenated alkanes) is 2. The van der Waals surface area contributed by atoms with E-state index in [1.807, 2.05) is 22.6 Å². The maximum absolute atomic E-state index is 12.8. The van der Waals surface area contributed by atoms with E-state index in [2.05, 4.69) is 17.2 Å². The number of hydrogen-bond acceptors (Lipinski definition) is 12. The normalized spacial score (nSPS) is 24.1. The van der Waals surface area contributed by atoms with Crippen LogP contribution in [-0.2, 0) is 44.8 Å². The predicted molar refractivity (Wildman–Crippen MR) is 170 cm³/mol. The molecule has 0 saturated carbocycles. The van der Waals surface area contributed by atoms with Gasteiger partial charge >= 0.3 is 11.9 Å². The number of halogens is 1. The van der Waals surface area contributed by atoms with Gasteiger partial charge in [0, 0.05) is 37.9 Å². The quantitative estimate of drug-likeness (QED) is 0.0328. The smallest absolute Gasteiger partial charge is 0.335 e. The van der Waals surface area contributed by atoms with E-state index in [0.717, 1.165) is 0 Å². The van der Waals surface area contributed by atoms with Gasteiger partial charge in [0.05, 0.1) is 9.61 Å². The lowest BCUT2D eigenvalue weighted by molar-refractivity contribution is -0.271. The van der Waals surface area contributed by atoms with Crippen LogP contribution in [0.15, 0.2) is 30.4 Å². The molecule has 0 spiro atoms. The number of esters is 1. The number of anilines is 1. The molecule has 16 nitrogen and oxygen atoms in total. The molecule has 6 atom stereocenters. The number of amides is 4. The van der Waals surface area contributed by atoms with Crippen molar-refractivity contribution >= 4 is 63.8 Å². The highest BCUT2D eigenvalue weighted by molar-refractivity contribution is 14.1. The van der Waals surface area contributed by atoms with Crippen LogP contribution in [0.1, 0.15) is 51.0 Å².